The molecule has 1 aromatic carbocycles. The van der Waals surface area contributed by atoms with E-state index < -0.39 is 32.5 Å². The number of nitrogens with one attached hydrogen (secondary N) is 1. The maximum atomic E-state index is 13.1. The Morgan fingerprint density at radius 1 is 1.25 bits per heavy atom. The fourth-order valence-electron chi connectivity index (χ4n) is 4.01. The Balaban J connectivity index is 2.20. The number of epoxide rings is 1. The van der Waals surface area contributed by atoms with Crippen LogP contribution >= 0.6 is 0 Å². The van der Waals surface area contributed by atoms with E-state index in [9.17, 15) is 9.59 Å². The van der Waals surface area contributed by atoms with Gasteiger partial charge in [0, 0.05) is 22.7 Å². The van der Waals surface area contributed by atoms with E-state index in [4.69, 9.17) is 18.6 Å². The molecule has 0 unspecified atom stereocenters. The lowest BCUT2D eigenvalue weighted by molar-refractivity contribution is -0.145. The Kier molecular flexibility index (Phi) is 8.07. The molecule has 1 fully saturated rings. The summed E-state index contributed by atoms with van der Waals surface area (Å²) in [6.07, 6.45) is 2.02. The summed E-state index contributed by atoms with van der Waals surface area (Å²) in [6.45, 7) is 19.2. The number of nitrogens with zero attached hydrogens (tertiary/aromatic N) is 1. The second kappa shape index (κ2) is 10.4. The maximum absolute atomic E-state index is 13.1. The molecule has 36 heavy (non-hydrogen) atoms. The van der Waals surface area contributed by atoms with Crippen LogP contribution in [-0.2, 0) is 29.0 Å². The first kappa shape index (κ1) is 28.0. The number of alkyl carbamates (subject to hydrolysis) is 1. The Labute approximate surface area is 215 Å². The average Bonchev–Trinajstić information content (AvgIpc) is 3.60. The minimum absolute atomic E-state index is 0.0162. The predicted octanol–water partition coefficient (Wildman–Crippen LogP) is 5.29. The van der Waals surface area contributed by atoms with Crippen LogP contribution < -0.4 is 5.32 Å². The summed E-state index contributed by atoms with van der Waals surface area (Å²) in [5, 5.41) is 3.49. The van der Waals surface area contributed by atoms with Crippen LogP contribution in [-0.4, -0.2) is 57.4 Å². The molecule has 0 saturated carbocycles. The number of amides is 1. The van der Waals surface area contributed by atoms with E-state index in [1.165, 1.54) is 13.2 Å². The van der Waals surface area contributed by atoms with Gasteiger partial charge in [0.05, 0.1) is 19.3 Å². The summed E-state index contributed by atoms with van der Waals surface area (Å²) in [6, 6.07) is 6.88. The van der Waals surface area contributed by atoms with Crippen molar-refractivity contribution in [2.75, 3.05) is 20.3 Å². The first-order valence-corrected chi connectivity index (χ1v) is 15.2. The smallest absolute Gasteiger partial charge is 0.408 e. The van der Waals surface area contributed by atoms with Gasteiger partial charge in [-0.05, 0) is 38.0 Å². The summed E-state index contributed by atoms with van der Waals surface area (Å²) < 4.78 is 25.0. The number of ether oxygens (including phenoxy) is 3. The van der Waals surface area contributed by atoms with Crippen molar-refractivity contribution in [3.63, 3.8) is 0 Å². The number of carbonyl (C=O) groups excluding carboxylic acids is 2. The van der Waals surface area contributed by atoms with Crippen molar-refractivity contribution in [2.45, 2.75) is 76.5 Å². The van der Waals surface area contributed by atoms with Gasteiger partial charge < -0.3 is 28.5 Å². The third kappa shape index (κ3) is 5.68. The van der Waals surface area contributed by atoms with Gasteiger partial charge in [0.25, 0.3) is 0 Å². The standard InChI is InChI=1S/C27H40N2O6Si/c1-10-15-33-25(31)28-22(24(30)32-7)23(35-36(8,9)26(2,3)4)19-16-29(27(5,6)21-17-34-21)20-14-12-11-13-18(19)20/h10-14,16,21-23H,1,15,17H2,2-9H3,(H,28,31)/t21-,22-,23+/m0/s1. The first-order valence-electron chi connectivity index (χ1n) is 12.3. The zero-order valence-electron chi connectivity index (χ0n) is 22.7. The molecule has 3 rings (SSSR count). The predicted molar refractivity (Wildman–Crippen MR) is 143 cm³/mol. The normalized spacial score (nSPS) is 17.8. The van der Waals surface area contributed by atoms with Crippen LogP contribution in [0.5, 0.6) is 0 Å². The minimum atomic E-state index is -2.43. The van der Waals surface area contributed by atoms with E-state index >= 15 is 0 Å². The molecule has 198 valence electrons. The lowest BCUT2D eigenvalue weighted by Gasteiger charge is -2.41. The molecule has 2 heterocycles. The number of fused-ring (bicyclic) bond motifs is 1. The third-order valence-corrected chi connectivity index (χ3v) is 11.8. The molecule has 9 heteroatoms. The van der Waals surface area contributed by atoms with Gasteiger partial charge >= 0.3 is 12.1 Å². The van der Waals surface area contributed by atoms with Crippen molar-refractivity contribution >= 4 is 31.3 Å². The zero-order chi connectivity index (χ0) is 26.9. The highest BCUT2D eigenvalue weighted by Crippen LogP contribution is 2.44. The summed E-state index contributed by atoms with van der Waals surface area (Å²) in [7, 11) is -1.13. The van der Waals surface area contributed by atoms with Gasteiger partial charge in [-0.25, -0.2) is 9.59 Å². The molecule has 0 spiro atoms. The molecule has 1 aromatic heterocycles. The Bertz CT molecular complexity index is 1110. The second-order valence-electron chi connectivity index (χ2n) is 11.3. The number of rotatable bonds is 10. The molecule has 8 nitrogen and oxygen atoms in total. The summed E-state index contributed by atoms with van der Waals surface area (Å²) in [5.74, 6) is -0.615. The fourth-order valence-corrected chi connectivity index (χ4v) is 5.27. The molecule has 1 aliphatic rings. The van der Waals surface area contributed by atoms with E-state index in [1.807, 2.05) is 30.5 Å². The lowest BCUT2D eigenvalue weighted by atomic mass is 10.0. The van der Waals surface area contributed by atoms with Gasteiger partial charge in [0.2, 0.25) is 0 Å². The summed E-state index contributed by atoms with van der Waals surface area (Å²) in [5.41, 5.74) is 1.47. The number of esters is 1. The van der Waals surface area contributed by atoms with Crippen molar-refractivity contribution in [1.82, 2.24) is 9.88 Å². The number of carbonyl (C=O) groups is 2. The number of benzene rings is 1. The lowest BCUT2D eigenvalue weighted by Crippen LogP contribution is -2.51. The molecule has 3 atom stereocenters. The molecule has 0 bridgehead atoms. The highest BCUT2D eigenvalue weighted by atomic mass is 28.4. The molecule has 0 radical (unpaired) electrons. The van der Waals surface area contributed by atoms with Gasteiger partial charge in [0.15, 0.2) is 14.4 Å². The third-order valence-electron chi connectivity index (χ3n) is 7.38. The number of aromatic nitrogens is 1. The highest BCUT2D eigenvalue weighted by molar-refractivity contribution is 6.74. The minimum Gasteiger partial charge on any atom is -0.467 e. The van der Waals surface area contributed by atoms with Gasteiger partial charge in [-0.1, -0.05) is 51.6 Å². The molecule has 2 aromatic rings. The van der Waals surface area contributed by atoms with Gasteiger partial charge in [-0.15, -0.1) is 0 Å². The maximum Gasteiger partial charge on any atom is 0.408 e. The molecule has 1 aliphatic heterocycles. The van der Waals surface area contributed by atoms with Crippen LogP contribution in [0.25, 0.3) is 10.9 Å². The van der Waals surface area contributed by atoms with Crippen molar-refractivity contribution in [3.8, 4) is 0 Å². The zero-order valence-corrected chi connectivity index (χ0v) is 23.7. The van der Waals surface area contributed by atoms with E-state index in [0.29, 0.717) is 6.61 Å². The van der Waals surface area contributed by atoms with E-state index in [0.717, 1.165) is 16.5 Å². The van der Waals surface area contributed by atoms with Gasteiger partial charge in [-0.2, -0.15) is 0 Å². The van der Waals surface area contributed by atoms with Crippen molar-refractivity contribution in [2.24, 2.45) is 0 Å². The SMILES string of the molecule is C=CCOC(=O)N[C@H](C(=O)OC)[C@H](O[Si](C)(C)C(C)(C)C)c1cn(C(C)(C)[C@@H]2CO2)c2ccccc12. The van der Waals surface area contributed by atoms with Gasteiger partial charge in [-0.3, -0.25) is 0 Å². The average molecular weight is 517 g/mol. The largest absolute Gasteiger partial charge is 0.467 e. The monoisotopic (exact) mass is 516 g/mol. The topological polar surface area (TPSA) is 91.3 Å². The number of hydrogen-bond acceptors (Lipinski definition) is 6. The molecule has 1 N–H and O–H groups in total. The van der Waals surface area contributed by atoms with Gasteiger partial charge in [0.1, 0.15) is 18.8 Å². The van der Waals surface area contributed by atoms with Crippen LogP contribution in [0.15, 0.2) is 43.1 Å². The molecule has 1 saturated heterocycles. The fraction of sp³-hybridized carbons (Fsp3) is 0.556. The molecular formula is C27H40N2O6Si. The number of hydrogen-bond donors (Lipinski definition) is 1. The Morgan fingerprint density at radius 3 is 2.44 bits per heavy atom. The number of methoxy groups -OCH3 is 1. The molecular weight excluding hydrogens is 476 g/mol. The molecule has 1 amide bonds. The van der Waals surface area contributed by atoms with E-state index in [2.05, 4.69) is 64.2 Å². The van der Waals surface area contributed by atoms with Crippen molar-refractivity contribution in [1.29, 1.82) is 0 Å². The van der Waals surface area contributed by atoms with E-state index in [1.54, 1.807) is 0 Å². The summed E-state index contributed by atoms with van der Waals surface area (Å²) in [4.78, 5) is 25.7. The van der Waals surface area contributed by atoms with E-state index in [-0.39, 0.29) is 23.3 Å². The van der Waals surface area contributed by atoms with Crippen LogP contribution in [0, 0.1) is 0 Å². The quantitative estimate of drug-likeness (QED) is 0.200. The van der Waals surface area contributed by atoms with Crippen LogP contribution in [0.1, 0.15) is 46.3 Å². The van der Waals surface area contributed by atoms with Crippen LogP contribution in [0.3, 0.4) is 0 Å². The summed E-state index contributed by atoms with van der Waals surface area (Å²) >= 11 is 0. The van der Waals surface area contributed by atoms with Crippen molar-refractivity contribution in [3.05, 3.63) is 48.7 Å². The highest BCUT2D eigenvalue weighted by Gasteiger charge is 2.46. The van der Waals surface area contributed by atoms with Crippen molar-refractivity contribution < 1.29 is 28.2 Å². The van der Waals surface area contributed by atoms with Crippen LogP contribution in [0.4, 0.5) is 4.79 Å². The Morgan fingerprint density at radius 2 is 1.89 bits per heavy atom. The number of para-hydroxylation sites is 1. The molecule has 0 aliphatic carbocycles. The Hall–Kier alpha value is -2.62. The van der Waals surface area contributed by atoms with Crippen LogP contribution in [0.2, 0.25) is 18.1 Å². The first-order chi connectivity index (χ1) is 16.7. The second-order valence-corrected chi connectivity index (χ2v) is 16.0.